The molecule has 0 bridgehead atoms. The maximum absolute atomic E-state index is 7.99. The summed E-state index contributed by atoms with van der Waals surface area (Å²) in [6.45, 7) is 5.03. The molecule has 0 heterocycles. The maximum atomic E-state index is 7.99. The molecule has 0 aliphatic carbocycles. The van der Waals surface area contributed by atoms with Crippen molar-refractivity contribution in [2.45, 2.75) is 19.3 Å². The minimum atomic E-state index is 0. The van der Waals surface area contributed by atoms with Crippen LogP contribution in [0.1, 0.15) is 19.3 Å². The van der Waals surface area contributed by atoms with Crippen LogP contribution >= 0.6 is 0 Å². The Labute approximate surface area is 62.6 Å². The van der Waals surface area contributed by atoms with Crippen LogP contribution < -0.4 is 18.9 Å². The van der Waals surface area contributed by atoms with Gasteiger partial charge in [-0.25, -0.2) is 0 Å². The number of nitriles is 1. The molecule has 0 amide bonds. The molecule has 0 atom stereocenters. The molecule has 0 fully saturated rings. The van der Waals surface area contributed by atoms with E-state index in [1.807, 2.05) is 6.07 Å². The molecule has 0 N–H and O–H groups in total. The maximum Gasteiger partial charge on any atom is 1.00 e. The van der Waals surface area contributed by atoms with Gasteiger partial charge in [-0.15, -0.1) is 0 Å². The van der Waals surface area contributed by atoms with E-state index in [1.165, 1.54) is 0 Å². The zero-order valence-electron chi connectivity index (χ0n) is 5.22. The van der Waals surface area contributed by atoms with Crippen molar-refractivity contribution in [3.05, 3.63) is 12.7 Å². The topological polar surface area (TPSA) is 23.8 Å². The molecule has 2 heteroatoms. The van der Waals surface area contributed by atoms with Crippen molar-refractivity contribution in [3.8, 4) is 6.07 Å². The smallest absolute Gasteiger partial charge is 0.518 e. The van der Waals surface area contributed by atoms with Crippen molar-refractivity contribution < 1.29 is 18.9 Å². The Bertz CT molecular complexity index is 83.0. The normalized spacial score (nSPS) is 6.38. The van der Waals surface area contributed by atoms with Crippen LogP contribution in [0.4, 0.5) is 0 Å². The molecule has 8 heavy (non-hydrogen) atoms. The molecule has 1 nitrogen and oxygen atoms in total. The van der Waals surface area contributed by atoms with Gasteiger partial charge in [0.25, 0.3) is 0 Å². The Hall–Kier alpha value is -0.173. The molecule has 38 valence electrons. The fourth-order valence-corrected chi connectivity index (χ4v) is 0.299. The number of unbranched alkanes of at least 4 members (excludes halogenated alkanes) is 2. The van der Waals surface area contributed by atoms with E-state index in [4.69, 9.17) is 11.8 Å². The Balaban J connectivity index is 0. The first kappa shape index (κ1) is 10.7. The summed E-state index contributed by atoms with van der Waals surface area (Å²) in [5, 5.41) is 7.99. The minimum absolute atomic E-state index is 0. The van der Waals surface area contributed by atoms with Crippen LogP contribution in [0.3, 0.4) is 0 Å². The SMILES string of the molecule is [CH-]=CCCCC#N.[Li+]. The molecule has 0 saturated heterocycles. The summed E-state index contributed by atoms with van der Waals surface area (Å²) in [5.41, 5.74) is 0. The van der Waals surface area contributed by atoms with Gasteiger partial charge in [-0.2, -0.15) is 5.26 Å². The minimum Gasteiger partial charge on any atom is -0.518 e. The number of hydrogen-bond donors (Lipinski definition) is 0. The summed E-state index contributed by atoms with van der Waals surface area (Å²) < 4.78 is 0. The summed E-state index contributed by atoms with van der Waals surface area (Å²) in [6.07, 6.45) is 3.95. The number of nitrogens with zero attached hydrogens (tertiary/aromatic N) is 1. The van der Waals surface area contributed by atoms with Gasteiger partial charge in [-0.3, -0.25) is 6.08 Å². The molecule has 0 aromatic carbocycles. The average Bonchev–Trinajstić information content (AvgIpc) is 1.69. The van der Waals surface area contributed by atoms with E-state index in [9.17, 15) is 0 Å². The zero-order chi connectivity index (χ0) is 5.54. The molecule has 0 aliphatic heterocycles. The standard InChI is InChI=1S/C6H8N.Li/c1-2-3-4-5-6-7;/h1-2H,3-5H2;/q-1;+1. The number of rotatable bonds is 3. The van der Waals surface area contributed by atoms with Gasteiger partial charge in [0.1, 0.15) is 0 Å². The van der Waals surface area contributed by atoms with Crippen molar-refractivity contribution in [3.63, 3.8) is 0 Å². The fraction of sp³-hybridized carbons (Fsp3) is 0.500. The van der Waals surface area contributed by atoms with E-state index < -0.39 is 0 Å². The molecule has 0 aromatic rings. The second-order valence-electron chi connectivity index (χ2n) is 1.29. The molecule has 0 aromatic heterocycles. The first-order valence-electron chi connectivity index (χ1n) is 2.32. The van der Waals surface area contributed by atoms with Crippen LogP contribution in [0.25, 0.3) is 0 Å². The Morgan fingerprint density at radius 1 is 1.62 bits per heavy atom. The van der Waals surface area contributed by atoms with Crippen molar-refractivity contribution in [2.75, 3.05) is 0 Å². The Kier molecular flexibility index (Phi) is 13.4. The van der Waals surface area contributed by atoms with Gasteiger partial charge in [0.05, 0.1) is 6.07 Å². The van der Waals surface area contributed by atoms with Gasteiger partial charge in [0, 0.05) is 6.42 Å². The largest absolute Gasteiger partial charge is 1.00 e. The average molecular weight is 101 g/mol. The van der Waals surface area contributed by atoms with E-state index in [-0.39, 0.29) is 18.9 Å². The summed E-state index contributed by atoms with van der Waals surface area (Å²) in [7, 11) is 0. The van der Waals surface area contributed by atoms with Gasteiger partial charge in [-0.1, -0.05) is 6.42 Å². The van der Waals surface area contributed by atoms with E-state index in [1.54, 1.807) is 6.08 Å². The first-order chi connectivity index (χ1) is 3.41. The van der Waals surface area contributed by atoms with E-state index in [0.717, 1.165) is 12.8 Å². The fourth-order valence-electron chi connectivity index (χ4n) is 0.299. The molecular weight excluding hydrogens is 93.0 g/mol. The quantitative estimate of drug-likeness (QED) is 0.245. The predicted octanol–water partition coefficient (Wildman–Crippen LogP) is -1.33. The molecule has 0 saturated carbocycles. The number of hydrogen-bond acceptors (Lipinski definition) is 1. The van der Waals surface area contributed by atoms with Gasteiger partial charge >= 0.3 is 18.9 Å². The summed E-state index contributed by atoms with van der Waals surface area (Å²) in [6, 6.07) is 2.03. The third kappa shape index (κ3) is 9.27. The third-order valence-corrected chi connectivity index (χ3v) is 0.659. The van der Waals surface area contributed by atoms with E-state index in [2.05, 4.69) is 0 Å². The van der Waals surface area contributed by atoms with Crippen molar-refractivity contribution in [1.29, 1.82) is 5.26 Å². The number of allylic oxidation sites excluding steroid dienone is 1. The van der Waals surface area contributed by atoms with Crippen LogP contribution in [0.2, 0.25) is 0 Å². The van der Waals surface area contributed by atoms with Crippen LogP contribution in [-0.4, -0.2) is 0 Å². The van der Waals surface area contributed by atoms with Crippen LogP contribution in [0.15, 0.2) is 6.08 Å². The molecule has 0 aliphatic rings. The van der Waals surface area contributed by atoms with Gasteiger partial charge < -0.3 is 6.58 Å². The van der Waals surface area contributed by atoms with Crippen LogP contribution in [0.5, 0.6) is 0 Å². The second kappa shape index (κ2) is 9.95. The summed E-state index contributed by atoms with van der Waals surface area (Å²) in [4.78, 5) is 0. The zero-order valence-corrected chi connectivity index (χ0v) is 5.22. The van der Waals surface area contributed by atoms with E-state index >= 15 is 0 Å². The Morgan fingerprint density at radius 2 is 2.25 bits per heavy atom. The van der Waals surface area contributed by atoms with Gasteiger partial charge in [0.2, 0.25) is 0 Å². The summed E-state index contributed by atoms with van der Waals surface area (Å²) >= 11 is 0. The van der Waals surface area contributed by atoms with Gasteiger partial charge in [0.15, 0.2) is 0 Å². The van der Waals surface area contributed by atoms with Crippen LogP contribution in [-0.2, 0) is 0 Å². The molecule has 0 unspecified atom stereocenters. The molecular formula is C6H8LiN. The molecule has 0 rings (SSSR count). The van der Waals surface area contributed by atoms with Crippen molar-refractivity contribution in [1.82, 2.24) is 0 Å². The first-order valence-corrected chi connectivity index (χ1v) is 2.32. The van der Waals surface area contributed by atoms with Gasteiger partial charge in [-0.05, 0) is 6.42 Å². The summed E-state index contributed by atoms with van der Waals surface area (Å²) in [5.74, 6) is 0. The van der Waals surface area contributed by atoms with Crippen molar-refractivity contribution in [2.24, 2.45) is 0 Å². The molecule has 0 radical (unpaired) electrons. The third-order valence-electron chi connectivity index (χ3n) is 0.659. The van der Waals surface area contributed by atoms with Crippen molar-refractivity contribution >= 4 is 0 Å². The predicted molar refractivity (Wildman–Crippen MR) is 28.3 cm³/mol. The Morgan fingerprint density at radius 3 is 2.62 bits per heavy atom. The van der Waals surface area contributed by atoms with Crippen LogP contribution in [0, 0.1) is 17.9 Å². The molecule has 0 spiro atoms. The monoisotopic (exact) mass is 101 g/mol. The van der Waals surface area contributed by atoms with E-state index in [0.29, 0.717) is 6.42 Å². The second-order valence-corrected chi connectivity index (χ2v) is 1.29.